The van der Waals surface area contributed by atoms with Crippen molar-refractivity contribution in [2.75, 3.05) is 25.1 Å². The Bertz CT molecular complexity index is 1430. The number of H-pyrrole nitrogens is 1. The predicted octanol–water partition coefficient (Wildman–Crippen LogP) is 1.93. The van der Waals surface area contributed by atoms with Gasteiger partial charge in [0.25, 0.3) is 0 Å². The van der Waals surface area contributed by atoms with Gasteiger partial charge in [0.05, 0.1) is 24.5 Å². The van der Waals surface area contributed by atoms with Crippen molar-refractivity contribution in [2.45, 2.75) is 30.8 Å². The number of furan rings is 1. The van der Waals surface area contributed by atoms with E-state index < -0.39 is 6.10 Å². The largest absolute Gasteiger partial charge is 0.443 e. The number of halogens is 1. The molecule has 4 aromatic rings. The molecule has 1 amide bonds. The van der Waals surface area contributed by atoms with Gasteiger partial charge in [0.15, 0.2) is 5.43 Å². The Labute approximate surface area is 222 Å². The Morgan fingerprint density at radius 2 is 2.14 bits per heavy atom. The number of anilines is 1. The molecule has 0 saturated carbocycles. The number of likely N-dealkylation sites (N-methyl/N-ethyl adjacent to an activating group) is 1. The predicted molar refractivity (Wildman–Crippen MR) is 142 cm³/mol. The number of nitrogens with zero attached hydrogens (tertiary/aromatic N) is 4. The Kier molecular flexibility index (Phi) is 8.54. The molecular weight excluding hydrogens is 518 g/mol. The molecule has 0 radical (unpaired) electrons. The fraction of sp³-hybridized carbons (Fsp3) is 0.333. The molecule has 0 aliphatic carbocycles. The number of nitrogen functional groups attached to an aromatic ring is 1. The number of carbonyl (C=O) groups excluding carboxylic acids is 1. The molecule has 1 unspecified atom stereocenters. The zero-order valence-corrected chi connectivity index (χ0v) is 22.0. The molecule has 3 heterocycles. The first-order valence-electron chi connectivity index (χ1n) is 11.5. The number of thioether (sulfide) groups is 1. The first kappa shape index (κ1) is 26.7. The number of aryl methyl sites for hydroxylation is 1. The molecule has 0 saturated heterocycles. The van der Waals surface area contributed by atoms with E-state index in [1.165, 1.54) is 11.8 Å². The molecule has 4 rings (SSSR count). The van der Waals surface area contributed by atoms with Crippen LogP contribution < -0.4 is 16.5 Å². The van der Waals surface area contributed by atoms with E-state index in [9.17, 15) is 14.7 Å². The second-order valence-corrected chi connectivity index (χ2v) is 10.2. The average Bonchev–Trinajstić information content (AvgIpc) is 3.47. The summed E-state index contributed by atoms with van der Waals surface area (Å²) in [6.07, 6.45) is 0.945. The maximum Gasteiger partial charge on any atom is 0.224 e. The summed E-state index contributed by atoms with van der Waals surface area (Å²) < 4.78 is 7.63. The standard InChI is InChI=1S/C24H28ClN7O4S/c1-31(11-17(33)13-37-24-28-23(26)29-30-24)12-18-8-19-21(35)15(10-32(2)22(19)36-18)7-20(34)27-9-14-3-5-16(25)6-4-14/h3-6,8,10,17,33H,7,9,11-13H2,1-2H3,(H,27,34)(H3,26,28,29,30). The third kappa shape index (κ3) is 7.13. The molecule has 1 aromatic carbocycles. The molecule has 1 atom stereocenters. The minimum absolute atomic E-state index is 0.0447. The molecule has 196 valence electrons. The number of aliphatic hydroxyl groups is 1. The van der Waals surface area contributed by atoms with Gasteiger partial charge < -0.3 is 25.1 Å². The van der Waals surface area contributed by atoms with E-state index >= 15 is 0 Å². The third-order valence-corrected chi connectivity index (χ3v) is 6.80. The lowest BCUT2D eigenvalue weighted by Crippen LogP contribution is -2.30. The molecular formula is C24H28ClN7O4S. The molecule has 0 fully saturated rings. The zero-order chi connectivity index (χ0) is 26.5. The number of pyridine rings is 1. The number of hydrogen-bond acceptors (Lipinski definition) is 9. The van der Waals surface area contributed by atoms with Gasteiger partial charge in [-0.15, -0.1) is 5.10 Å². The molecule has 11 nitrogen and oxygen atoms in total. The van der Waals surface area contributed by atoms with Crippen LogP contribution in [0.1, 0.15) is 16.9 Å². The van der Waals surface area contributed by atoms with E-state index in [0.29, 0.717) is 58.0 Å². The average molecular weight is 546 g/mol. The Morgan fingerprint density at radius 1 is 1.38 bits per heavy atom. The van der Waals surface area contributed by atoms with Crippen LogP contribution in [0.15, 0.2) is 50.9 Å². The van der Waals surface area contributed by atoms with E-state index in [1.807, 2.05) is 24.1 Å². The van der Waals surface area contributed by atoms with Crippen LogP contribution in [0.4, 0.5) is 5.95 Å². The van der Waals surface area contributed by atoms with Crippen molar-refractivity contribution in [3.8, 4) is 0 Å². The first-order chi connectivity index (χ1) is 17.7. The highest BCUT2D eigenvalue weighted by Crippen LogP contribution is 2.19. The van der Waals surface area contributed by atoms with Crippen LogP contribution in [0, 0.1) is 0 Å². The van der Waals surface area contributed by atoms with Gasteiger partial charge in [-0.1, -0.05) is 35.5 Å². The summed E-state index contributed by atoms with van der Waals surface area (Å²) in [5, 5.41) is 21.2. The van der Waals surface area contributed by atoms with Crippen molar-refractivity contribution in [2.24, 2.45) is 7.05 Å². The topological polar surface area (TPSA) is 155 Å². The summed E-state index contributed by atoms with van der Waals surface area (Å²) in [4.78, 5) is 31.5. The maximum atomic E-state index is 13.1. The maximum absolute atomic E-state index is 13.1. The fourth-order valence-electron chi connectivity index (χ4n) is 3.86. The number of fused-ring (bicyclic) bond motifs is 1. The number of aliphatic hydroxyl groups excluding tert-OH is 1. The van der Waals surface area contributed by atoms with Crippen LogP contribution in [0.3, 0.4) is 0 Å². The molecule has 0 aliphatic heterocycles. The Hall–Kier alpha value is -3.32. The van der Waals surface area contributed by atoms with E-state index in [2.05, 4.69) is 20.5 Å². The number of carbonyl (C=O) groups is 1. The molecule has 0 aliphatic rings. The van der Waals surface area contributed by atoms with Crippen molar-refractivity contribution >= 4 is 46.3 Å². The molecule has 0 spiro atoms. The quantitative estimate of drug-likeness (QED) is 0.207. The number of nitrogens with two attached hydrogens (primary N) is 1. The van der Waals surface area contributed by atoms with Crippen LogP contribution in [-0.4, -0.2) is 61.1 Å². The molecule has 13 heteroatoms. The summed E-state index contributed by atoms with van der Waals surface area (Å²) in [6.45, 7) is 1.11. The van der Waals surface area contributed by atoms with Gasteiger partial charge in [-0.25, -0.2) is 5.10 Å². The number of nitrogens with one attached hydrogen (secondary N) is 2. The second-order valence-electron chi connectivity index (χ2n) is 8.77. The summed E-state index contributed by atoms with van der Waals surface area (Å²) in [6, 6.07) is 8.89. The van der Waals surface area contributed by atoms with Gasteiger partial charge in [0.1, 0.15) is 5.76 Å². The van der Waals surface area contributed by atoms with Gasteiger partial charge >= 0.3 is 0 Å². The van der Waals surface area contributed by atoms with E-state index in [1.54, 1.807) is 36.0 Å². The third-order valence-electron chi connectivity index (χ3n) is 5.56. The van der Waals surface area contributed by atoms with E-state index in [4.69, 9.17) is 21.8 Å². The second kappa shape index (κ2) is 11.8. The van der Waals surface area contributed by atoms with Gasteiger partial charge in [-0.2, -0.15) is 4.98 Å². The highest BCUT2D eigenvalue weighted by atomic mass is 35.5. The summed E-state index contributed by atoms with van der Waals surface area (Å²) in [7, 11) is 3.62. The van der Waals surface area contributed by atoms with E-state index in [0.717, 1.165) is 5.56 Å². The van der Waals surface area contributed by atoms with Crippen LogP contribution in [0.5, 0.6) is 0 Å². The minimum atomic E-state index is -0.636. The van der Waals surface area contributed by atoms with Crippen LogP contribution in [-0.2, 0) is 31.4 Å². The zero-order valence-electron chi connectivity index (χ0n) is 20.4. The number of aromatic amines is 1. The van der Waals surface area contributed by atoms with Crippen LogP contribution in [0.25, 0.3) is 11.1 Å². The molecule has 5 N–H and O–H groups in total. The Balaban J connectivity index is 1.35. The first-order valence-corrected chi connectivity index (χ1v) is 12.8. The van der Waals surface area contributed by atoms with Crippen LogP contribution >= 0.6 is 23.4 Å². The SMILES string of the molecule is CN(Cc1cc2c(=O)c(CC(=O)NCc3ccc(Cl)cc3)cn(C)c2o1)CC(O)CSc1n[nH]c(N)n1. The van der Waals surface area contributed by atoms with Crippen molar-refractivity contribution in [1.82, 2.24) is 30.0 Å². The lowest BCUT2D eigenvalue weighted by atomic mass is 10.1. The van der Waals surface area contributed by atoms with E-state index in [-0.39, 0.29) is 23.7 Å². The van der Waals surface area contributed by atoms with Crippen molar-refractivity contribution in [3.05, 3.63) is 68.7 Å². The number of rotatable bonds is 11. The summed E-state index contributed by atoms with van der Waals surface area (Å²) >= 11 is 7.19. The lowest BCUT2D eigenvalue weighted by molar-refractivity contribution is -0.120. The highest BCUT2D eigenvalue weighted by Gasteiger charge is 2.17. The number of hydrogen-bond donors (Lipinski definition) is 4. The lowest BCUT2D eigenvalue weighted by Gasteiger charge is -2.18. The van der Waals surface area contributed by atoms with Crippen molar-refractivity contribution < 1.29 is 14.3 Å². The highest BCUT2D eigenvalue weighted by molar-refractivity contribution is 7.99. The van der Waals surface area contributed by atoms with Gasteiger partial charge in [-0.3, -0.25) is 14.5 Å². The summed E-state index contributed by atoms with van der Waals surface area (Å²) in [5.74, 6) is 0.947. The fourth-order valence-corrected chi connectivity index (χ4v) is 4.70. The smallest absolute Gasteiger partial charge is 0.224 e. The van der Waals surface area contributed by atoms with Crippen molar-refractivity contribution in [1.29, 1.82) is 0 Å². The van der Waals surface area contributed by atoms with Crippen LogP contribution in [0.2, 0.25) is 5.02 Å². The Morgan fingerprint density at radius 3 is 2.84 bits per heavy atom. The summed E-state index contributed by atoms with van der Waals surface area (Å²) in [5.41, 5.74) is 6.98. The van der Waals surface area contributed by atoms with Gasteiger partial charge in [-0.05, 0) is 30.8 Å². The van der Waals surface area contributed by atoms with Gasteiger partial charge in [0, 0.05) is 42.7 Å². The molecule has 3 aromatic heterocycles. The number of aromatic nitrogens is 4. The molecule has 0 bridgehead atoms. The monoisotopic (exact) mass is 545 g/mol. The van der Waals surface area contributed by atoms with Crippen molar-refractivity contribution in [3.63, 3.8) is 0 Å². The molecule has 37 heavy (non-hydrogen) atoms. The number of benzene rings is 1. The van der Waals surface area contributed by atoms with Gasteiger partial charge in [0.2, 0.25) is 22.7 Å². The normalized spacial score (nSPS) is 12.4. The minimum Gasteiger partial charge on any atom is -0.443 e. The number of amides is 1.